The van der Waals surface area contributed by atoms with E-state index in [-0.39, 0.29) is 12.2 Å². The van der Waals surface area contributed by atoms with Crippen molar-refractivity contribution in [3.63, 3.8) is 0 Å². The largest absolute Gasteiger partial charge is 0.481 e. The molecule has 0 aliphatic heterocycles. The molecule has 0 fully saturated rings. The van der Waals surface area contributed by atoms with Crippen molar-refractivity contribution in [2.45, 2.75) is 52.5 Å². The standard InChI is InChI=1S/C17H25NO3/c1-4-5-6-9-18-15(11-16(19)20)17(21)14-8-7-12(2)10-13(14)3/h7-8,10,15,18H,4-6,9,11H2,1-3H3,(H,19,20). The van der Waals surface area contributed by atoms with Gasteiger partial charge in [0.05, 0.1) is 12.5 Å². The molecule has 21 heavy (non-hydrogen) atoms. The molecule has 1 rings (SSSR count). The number of hydrogen-bond acceptors (Lipinski definition) is 3. The normalized spacial score (nSPS) is 12.1. The third-order valence-corrected chi connectivity index (χ3v) is 3.51. The second-order valence-corrected chi connectivity index (χ2v) is 5.49. The van der Waals surface area contributed by atoms with Crippen molar-refractivity contribution >= 4 is 11.8 Å². The van der Waals surface area contributed by atoms with Gasteiger partial charge in [0.25, 0.3) is 0 Å². The van der Waals surface area contributed by atoms with E-state index < -0.39 is 12.0 Å². The van der Waals surface area contributed by atoms with Crippen molar-refractivity contribution in [3.05, 3.63) is 34.9 Å². The van der Waals surface area contributed by atoms with Gasteiger partial charge in [-0.05, 0) is 32.4 Å². The van der Waals surface area contributed by atoms with E-state index in [0.29, 0.717) is 12.1 Å². The smallest absolute Gasteiger partial charge is 0.305 e. The van der Waals surface area contributed by atoms with Gasteiger partial charge in [0.2, 0.25) is 0 Å². The molecular weight excluding hydrogens is 266 g/mol. The zero-order chi connectivity index (χ0) is 15.8. The Kier molecular flexibility index (Phi) is 7.09. The van der Waals surface area contributed by atoms with E-state index in [4.69, 9.17) is 5.11 Å². The van der Waals surface area contributed by atoms with Gasteiger partial charge < -0.3 is 10.4 Å². The predicted molar refractivity (Wildman–Crippen MR) is 83.8 cm³/mol. The number of hydrogen-bond donors (Lipinski definition) is 2. The minimum atomic E-state index is -0.957. The molecule has 4 nitrogen and oxygen atoms in total. The third-order valence-electron chi connectivity index (χ3n) is 3.51. The van der Waals surface area contributed by atoms with Gasteiger partial charge in [0, 0.05) is 5.56 Å². The lowest BCUT2D eigenvalue weighted by Crippen LogP contribution is -2.39. The molecule has 0 saturated carbocycles. The van der Waals surface area contributed by atoms with Crippen LogP contribution in [0.25, 0.3) is 0 Å². The van der Waals surface area contributed by atoms with Crippen LogP contribution in [0.5, 0.6) is 0 Å². The fourth-order valence-corrected chi connectivity index (χ4v) is 2.36. The highest BCUT2D eigenvalue weighted by Crippen LogP contribution is 2.14. The topological polar surface area (TPSA) is 66.4 Å². The Balaban J connectivity index is 2.80. The summed E-state index contributed by atoms with van der Waals surface area (Å²) in [5.74, 6) is -1.09. The molecule has 0 aliphatic rings. The number of unbranched alkanes of at least 4 members (excludes halogenated alkanes) is 2. The van der Waals surface area contributed by atoms with Crippen molar-refractivity contribution in [2.75, 3.05) is 6.54 Å². The average molecular weight is 291 g/mol. The minimum absolute atomic E-state index is 0.133. The molecule has 0 aliphatic carbocycles. The van der Waals surface area contributed by atoms with Gasteiger partial charge >= 0.3 is 5.97 Å². The first-order chi connectivity index (χ1) is 9.95. The summed E-state index contributed by atoms with van der Waals surface area (Å²) < 4.78 is 0. The van der Waals surface area contributed by atoms with E-state index in [1.165, 1.54) is 0 Å². The monoisotopic (exact) mass is 291 g/mol. The van der Waals surface area contributed by atoms with Gasteiger partial charge in [-0.2, -0.15) is 0 Å². The molecular formula is C17H25NO3. The van der Waals surface area contributed by atoms with Crippen LogP contribution in [0.1, 0.15) is 54.1 Å². The van der Waals surface area contributed by atoms with Gasteiger partial charge in [-0.1, -0.05) is 43.5 Å². The lowest BCUT2D eigenvalue weighted by atomic mass is 9.96. The van der Waals surface area contributed by atoms with Gasteiger partial charge in [0.1, 0.15) is 0 Å². The van der Waals surface area contributed by atoms with E-state index in [0.717, 1.165) is 30.4 Å². The van der Waals surface area contributed by atoms with E-state index in [2.05, 4.69) is 12.2 Å². The van der Waals surface area contributed by atoms with Gasteiger partial charge in [-0.15, -0.1) is 0 Å². The lowest BCUT2D eigenvalue weighted by molar-refractivity contribution is -0.137. The van der Waals surface area contributed by atoms with Crippen LogP contribution in [0, 0.1) is 13.8 Å². The molecule has 1 unspecified atom stereocenters. The minimum Gasteiger partial charge on any atom is -0.481 e. The molecule has 1 aromatic rings. The highest BCUT2D eigenvalue weighted by molar-refractivity contribution is 6.02. The number of Topliss-reactive ketones (excluding diaryl/α,β-unsaturated/α-hetero) is 1. The number of aryl methyl sites for hydroxylation is 2. The molecule has 0 aromatic heterocycles. The maximum absolute atomic E-state index is 12.6. The second kappa shape index (κ2) is 8.57. The Labute approximate surface area is 126 Å². The Morgan fingerprint density at radius 1 is 1.24 bits per heavy atom. The number of carbonyl (C=O) groups is 2. The fourth-order valence-electron chi connectivity index (χ4n) is 2.36. The Morgan fingerprint density at radius 2 is 1.95 bits per heavy atom. The summed E-state index contributed by atoms with van der Waals surface area (Å²) in [5.41, 5.74) is 2.59. The average Bonchev–Trinajstić information content (AvgIpc) is 2.41. The lowest BCUT2D eigenvalue weighted by Gasteiger charge is -2.17. The molecule has 0 radical (unpaired) electrons. The van der Waals surface area contributed by atoms with Crippen LogP contribution in [0.3, 0.4) is 0 Å². The summed E-state index contributed by atoms with van der Waals surface area (Å²) in [6, 6.07) is 4.97. The van der Waals surface area contributed by atoms with Crippen molar-refractivity contribution in [1.82, 2.24) is 5.32 Å². The molecule has 0 amide bonds. The SMILES string of the molecule is CCCCCNC(CC(=O)O)C(=O)c1ccc(C)cc1C. The first kappa shape index (κ1) is 17.4. The molecule has 0 bridgehead atoms. The fraction of sp³-hybridized carbons (Fsp3) is 0.529. The molecule has 4 heteroatoms. The summed E-state index contributed by atoms with van der Waals surface area (Å²) in [6.07, 6.45) is 2.94. The molecule has 1 aromatic carbocycles. The van der Waals surface area contributed by atoms with Crippen LogP contribution in [-0.4, -0.2) is 29.4 Å². The van der Waals surface area contributed by atoms with Crippen molar-refractivity contribution < 1.29 is 14.7 Å². The Morgan fingerprint density at radius 3 is 2.52 bits per heavy atom. The molecule has 2 N–H and O–H groups in total. The number of rotatable bonds is 9. The van der Waals surface area contributed by atoms with Gasteiger partial charge in [0.15, 0.2) is 5.78 Å². The van der Waals surface area contributed by atoms with Crippen LogP contribution in [0.2, 0.25) is 0 Å². The van der Waals surface area contributed by atoms with Crippen LogP contribution in [0.15, 0.2) is 18.2 Å². The van der Waals surface area contributed by atoms with Crippen molar-refractivity contribution in [3.8, 4) is 0 Å². The summed E-state index contributed by atoms with van der Waals surface area (Å²) in [6.45, 7) is 6.63. The summed E-state index contributed by atoms with van der Waals surface area (Å²) in [5, 5.41) is 12.1. The van der Waals surface area contributed by atoms with E-state index in [1.54, 1.807) is 6.07 Å². The highest BCUT2D eigenvalue weighted by Gasteiger charge is 2.23. The van der Waals surface area contributed by atoms with Crippen molar-refractivity contribution in [1.29, 1.82) is 0 Å². The Hall–Kier alpha value is -1.68. The first-order valence-electron chi connectivity index (χ1n) is 7.52. The number of nitrogens with one attached hydrogen (secondary N) is 1. The van der Waals surface area contributed by atoms with Crippen LogP contribution >= 0.6 is 0 Å². The molecule has 0 spiro atoms. The quantitative estimate of drug-likeness (QED) is 0.542. The highest BCUT2D eigenvalue weighted by atomic mass is 16.4. The van der Waals surface area contributed by atoms with E-state index in [9.17, 15) is 9.59 Å². The number of carboxylic acid groups (broad SMARTS) is 1. The number of aliphatic carboxylic acids is 1. The van der Waals surface area contributed by atoms with E-state index in [1.807, 2.05) is 26.0 Å². The zero-order valence-corrected chi connectivity index (χ0v) is 13.1. The zero-order valence-electron chi connectivity index (χ0n) is 13.1. The number of carbonyl (C=O) groups excluding carboxylic acids is 1. The Bertz CT molecular complexity index is 497. The molecule has 1 atom stereocenters. The summed E-state index contributed by atoms with van der Waals surface area (Å²) >= 11 is 0. The van der Waals surface area contributed by atoms with Crippen LogP contribution < -0.4 is 5.32 Å². The predicted octanol–water partition coefficient (Wildman–Crippen LogP) is 3.11. The number of ketones is 1. The maximum Gasteiger partial charge on any atom is 0.305 e. The first-order valence-corrected chi connectivity index (χ1v) is 7.52. The number of benzene rings is 1. The second-order valence-electron chi connectivity index (χ2n) is 5.49. The summed E-state index contributed by atoms with van der Waals surface area (Å²) in [7, 11) is 0. The molecule has 116 valence electrons. The van der Waals surface area contributed by atoms with Gasteiger partial charge in [-0.25, -0.2) is 0 Å². The molecule has 0 heterocycles. The summed E-state index contributed by atoms with van der Waals surface area (Å²) in [4.78, 5) is 23.5. The van der Waals surface area contributed by atoms with Crippen LogP contribution in [-0.2, 0) is 4.79 Å². The van der Waals surface area contributed by atoms with E-state index >= 15 is 0 Å². The maximum atomic E-state index is 12.6. The third kappa shape index (κ3) is 5.68. The van der Waals surface area contributed by atoms with Crippen LogP contribution in [0.4, 0.5) is 0 Å². The molecule has 0 saturated heterocycles. The van der Waals surface area contributed by atoms with Crippen molar-refractivity contribution in [2.24, 2.45) is 0 Å². The number of carboxylic acids is 1. The van der Waals surface area contributed by atoms with Gasteiger partial charge in [-0.3, -0.25) is 9.59 Å².